The molecular formula is C11H18O. The van der Waals surface area contributed by atoms with Crippen LogP contribution in [0.1, 0.15) is 33.1 Å². The average Bonchev–Trinajstić information content (AvgIpc) is 2.25. The summed E-state index contributed by atoms with van der Waals surface area (Å²) in [5.41, 5.74) is 0.356. The molecule has 0 aromatic rings. The second-order valence-corrected chi connectivity index (χ2v) is 4.95. The molecule has 0 amide bonds. The van der Waals surface area contributed by atoms with Crippen molar-refractivity contribution >= 4 is 0 Å². The Kier molecular flexibility index (Phi) is 1.80. The highest BCUT2D eigenvalue weighted by Crippen LogP contribution is 2.50. The number of aliphatic hydroxyl groups excluding tert-OH is 1. The van der Waals surface area contributed by atoms with Crippen LogP contribution >= 0.6 is 0 Å². The van der Waals surface area contributed by atoms with Crippen molar-refractivity contribution in [2.75, 3.05) is 0 Å². The molecule has 0 bridgehead atoms. The minimum Gasteiger partial charge on any atom is -0.392 e. The van der Waals surface area contributed by atoms with E-state index in [0.717, 1.165) is 12.3 Å². The van der Waals surface area contributed by atoms with Gasteiger partial charge in [0.1, 0.15) is 0 Å². The first kappa shape index (κ1) is 8.31. The zero-order chi connectivity index (χ0) is 8.77. The highest BCUT2D eigenvalue weighted by Gasteiger charge is 2.46. The first-order valence-corrected chi connectivity index (χ1v) is 4.96. The Hall–Kier alpha value is -0.300. The highest BCUT2D eigenvalue weighted by molar-refractivity contribution is 5.08. The number of fused-ring (bicyclic) bond motifs is 1. The van der Waals surface area contributed by atoms with Gasteiger partial charge in [0.25, 0.3) is 0 Å². The smallest absolute Gasteiger partial charge is 0.0610 e. The van der Waals surface area contributed by atoms with Gasteiger partial charge in [-0.3, -0.25) is 0 Å². The molecule has 1 fully saturated rings. The lowest BCUT2D eigenvalue weighted by molar-refractivity contribution is 0.138. The number of hydrogen-bond acceptors (Lipinski definition) is 1. The molecule has 0 spiro atoms. The first-order valence-electron chi connectivity index (χ1n) is 4.96. The Balaban J connectivity index is 2.25. The standard InChI is InChI=1S/C11H18O/c1-11(2)7-10(12)8-5-3-4-6-9(8)11/h3,5,8-10,12H,4,6-7H2,1-2H3/t8-,9-,10+/m1/s1. The molecule has 2 aliphatic rings. The van der Waals surface area contributed by atoms with Gasteiger partial charge in [0, 0.05) is 5.92 Å². The number of aliphatic hydroxyl groups is 1. The summed E-state index contributed by atoms with van der Waals surface area (Å²) in [5.74, 6) is 1.17. The summed E-state index contributed by atoms with van der Waals surface area (Å²) in [6.45, 7) is 4.58. The van der Waals surface area contributed by atoms with Crippen LogP contribution in [0.2, 0.25) is 0 Å². The third kappa shape index (κ3) is 1.11. The van der Waals surface area contributed by atoms with Crippen molar-refractivity contribution in [3.05, 3.63) is 12.2 Å². The fourth-order valence-electron chi connectivity index (χ4n) is 2.99. The van der Waals surface area contributed by atoms with E-state index < -0.39 is 0 Å². The van der Waals surface area contributed by atoms with Crippen LogP contribution in [0.25, 0.3) is 0 Å². The zero-order valence-corrected chi connectivity index (χ0v) is 7.96. The van der Waals surface area contributed by atoms with Gasteiger partial charge in [-0.15, -0.1) is 0 Å². The van der Waals surface area contributed by atoms with E-state index in [0.29, 0.717) is 11.3 Å². The Morgan fingerprint density at radius 2 is 2.17 bits per heavy atom. The minimum absolute atomic E-state index is 0.0819. The van der Waals surface area contributed by atoms with Gasteiger partial charge < -0.3 is 5.11 Å². The summed E-state index contributed by atoms with van der Waals surface area (Å²) in [5, 5.41) is 9.81. The quantitative estimate of drug-likeness (QED) is 0.548. The Morgan fingerprint density at radius 3 is 2.83 bits per heavy atom. The molecule has 1 saturated carbocycles. The minimum atomic E-state index is -0.0819. The number of allylic oxidation sites excluding steroid dienone is 1. The van der Waals surface area contributed by atoms with E-state index in [1.165, 1.54) is 12.8 Å². The van der Waals surface area contributed by atoms with Gasteiger partial charge in [0.05, 0.1) is 6.10 Å². The van der Waals surface area contributed by atoms with Crippen LogP contribution in [-0.4, -0.2) is 11.2 Å². The van der Waals surface area contributed by atoms with E-state index in [9.17, 15) is 5.11 Å². The van der Waals surface area contributed by atoms with Crippen molar-refractivity contribution in [2.45, 2.75) is 39.2 Å². The van der Waals surface area contributed by atoms with Crippen LogP contribution < -0.4 is 0 Å². The molecule has 2 rings (SSSR count). The highest BCUT2D eigenvalue weighted by atomic mass is 16.3. The predicted octanol–water partition coefficient (Wildman–Crippen LogP) is 2.36. The lowest BCUT2D eigenvalue weighted by atomic mass is 9.74. The van der Waals surface area contributed by atoms with Crippen LogP contribution in [0, 0.1) is 17.3 Å². The topological polar surface area (TPSA) is 20.2 Å². The summed E-state index contributed by atoms with van der Waals surface area (Å²) >= 11 is 0. The Morgan fingerprint density at radius 1 is 1.42 bits per heavy atom. The number of rotatable bonds is 0. The maximum absolute atomic E-state index is 9.81. The van der Waals surface area contributed by atoms with E-state index >= 15 is 0 Å². The van der Waals surface area contributed by atoms with E-state index in [1.54, 1.807) is 0 Å². The average molecular weight is 166 g/mol. The molecule has 0 radical (unpaired) electrons. The summed E-state index contributed by atoms with van der Waals surface area (Å²) < 4.78 is 0. The second kappa shape index (κ2) is 2.59. The fourth-order valence-corrected chi connectivity index (χ4v) is 2.99. The summed E-state index contributed by atoms with van der Waals surface area (Å²) in [4.78, 5) is 0. The van der Waals surface area contributed by atoms with Crippen molar-refractivity contribution < 1.29 is 5.11 Å². The van der Waals surface area contributed by atoms with Crippen LogP contribution in [0.4, 0.5) is 0 Å². The zero-order valence-electron chi connectivity index (χ0n) is 7.96. The molecule has 0 aliphatic heterocycles. The maximum Gasteiger partial charge on any atom is 0.0610 e. The predicted molar refractivity (Wildman–Crippen MR) is 49.8 cm³/mol. The summed E-state index contributed by atoms with van der Waals surface area (Å²) in [6, 6.07) is 0. The van der Waals surface area contributed by atoms with Crippen molar-refractivity contribution in [3.63, 3.8) is 0 Å². The Bertz CT molecular complexity index is 205. The van der Waals surface area contributed by atoms with E-state index in [1.807, 2.05) is 0 Å². The molecule has 1 N–H and O–H groups in total. The molecule has 3 atom stereocenters. The van der Waals surface area contributed by atoms with Crippen molar-refractivity contribution in [1.29, 1.82) is 0 Å². The molecule has 0 unspecified atom stereocenters. The monoisotopic (exact) mass is 166 g/mol. The molecule has 0 aromatic heterocycles. The van der Waals surface area contributed by atoms with Crippen molar-refractivity contribution in [1.82, 2.24) is 0 Å². The SMILES string of the molecule is CC1(C)C[C@H](O)[C@@H]2C=CCC[C@H]21. The van der Waals surface area contributed by atoms with Gasteiger partial charge in [-0.05, 0) is 30.6 Å². The van der Waals surface area contributed by atoms with Crippen LogP contribution in [0.3, 0.4) is 0 Å². The number of hydrogen-bond donors (Lipinski definition) is 1. The van der Waals surface area contributed by atoms with Gasteiger partial charge in [-0.2, -0.15) is 0 Å². The second-order valence-electron chi connectivity index (χ2n) is 4.95. The Labute approximate surface area is 74.5 Å². The molecule has 1 nitrogen and oxygen atoms in total. The molecule has 2 aliphatic carbocycles. The van der Waals surface area contributed by atoms with Crippen molar-refractivity contribution in [3.8, 4) is 0 Å². The van der Waals surface area contributed by atoms with Gasteiger partial charge in [0.2, 0.25) is 0 Å². The largest absolute Gasteiger partial charge is 0.392 e. The molecule has 0 saturated heterocycles. The van der Waals surface area contributed by atoms with E-state index in [2.05, 4.69) is 26.0 Å². The van der Waals surface area contributed by atoms with Gasteiger partial charge in [-0.25, -0.2) is 0 Å². The van der Waals surface area contributed by atoms with Crippen molar-refractivity contribution in [2.24, 2.45) is 17.3 Å². The first-order chi connectivity index (χ1) is 5.61. The molecule has 12 heavy (non-hydrogen) atoms. The van der Waals surface area contributed by atoms with Gasteiger partial charge in [0.15, 0.2) is 0 Å². The van der Waals surface area contributed by atoms with E-state index in [4.69, 9.17) is 0 Å². The van der Waals surface area contributed by atoms with Gasteiger partial charge >= 0.3 is 0 Å². The summed E-state index contributed by atoms with van der Waals surface area (Å²) in [7, 11) is 0. The molecule has 1 heteroatoms. The summed E-state index contributed by atoms with van der Waals surface area (Å²) in [6.07, 6.45) is 7.83. The van der Waals surface area contributed by atoms with Crippen LogP contribution in [0.15, 0.2) is 12.2 Å². The van der Waals surface area contributed by atoms with Crippen LogP contribution in [-0.2, 0) is 0 Å². The lowest BCUT2D eigenvalue weighted by Crippen LogP contribution is -2.24. The third-order valence-electron chi connectivity index (χ3n) is 3.65. The van der Waals surface area contributed by atoms with Gasteiger partial charge in [-0.1, -0.05) is 26.0 Å². The molecule has 68 valence electrons. The third-order valence-corrected chi connectivity index (χ3v) is 3.65. The molecule has 0 aromatic carbocycles. The molecular weight excluding hydrogens is 148 g/mol. The fraction of sp³-hybridized carbons (Fsp3) is 0.818. The van der Waals surface area contributed by atoms with Crippen LogP contribution in [0.5, 0.6) is 0 Å². The lowest BCUT2D eigenvalue weighted by Gasteiger charge is -2.31. The normalized spacial score (nSPS) is 44.4. The molecule has 0 heterocycles. The maximum atomic E-state index is 9.81. The van der Waals surface area contributed by atoms with E-state index in [-0.39, 0.29) is 6.10 Å².